The predicted octanol–water partition coefficient (Wildman–Crippen LogP) is 6.19. The second-order valence-corrected chi connectivity index (χ2v) is 7.94. The maximum Gasteiger partial charge on any atom is 0.455 e. The minimum absolute atomic E-state index is 0.0324. The average molecular weight is 652 g/mol. The van der Waals surface area contributed by atoms with Crippen molar-refractivity contribution in [3.8, 4) is 0 Å². The normalized spacial score (nSPS) is 17.7. The number of anilines is 1. The Kier molecular flexibility index (Phi) is 8.18. The van der Waals surface area contributed by atoms with Crippen molar-refractivity contribution in [1.82, 2.24) is 15.0 Å². The van der Waals surface area contributed by atoms with Gasteiger partial charge in [0, 0.05) is 13.1 Å². The summed E-state index contributed by atoms with van der Waals surface area (Å²) in [6.07, 6.45) is -47.7. The number of alkyl halides is 20. The van der Waals surface area contributed by atoms with Gasteiger partial charge < -0.3 is 9.64 Å². The lowest BCUT2D eigenvalue weighted by atomic mass is 9.77. The van der Waals surface area contributed by atoms with Crippen LogP contribution in [0.3, 0.4) is 0 Å². The van der Waals surface area contributed by atoms with Crippen LogP contribution in [0.15, 0.2) is 0 Å². The molecule has 1 saturated heterocycles. The third kappa shape index (κ3) is 5.03. The fraction of sp³-hybridized carbons (Fsp3) is 0.812. The lowest BCUT2D eigenvalue weighted by Gasteiger charge is -2.42. The van der Waals surface area contributed by atoms with Gasteiger partial charge in [0.05, 0.1) is 13.2 Å². The van der Waals surface area contributed by atoms with E-state index in [-0.39, 0.29) is 4.90 Å². The molecule has 1 aromatic rings. The Morgan fingerprint density at radius 1 is 0.439 bits per heavy atom. The monoisotopic (exact) mass is 652 g/mol. The van der Waals surface area contributed by atoms with E-state index in [0.717, 1.165) is 0 Å². The zero-order valence-electron chi connectivity index (χ0n) is 18.6. The first-order valence-corrected chi connectivity index (χ1v) is 9.80. The van der Waals surface area contributed by atoms with Gasteiger partial charge in [-0.25, -0.2) is 4.98 Å². The first kappa shape index (κ1) is 34.6. The number of halogens is 20. The Bertz CT molecular complexity index is 1040. The van der Waals surface area contributed by atoms with E-state index >= 15 is 0 Å². The second-order valence-electron chi connectivity index (χ2n) is 7.94. The van der Waals surface area contributed by atoms with Crippen LogP contribution in [0.4, 0.5) is 93.8 Å². The molecular weight excluding hydrogens is 644 g/mol. The van der Waals surface area contributed by atoms with Crippen molar-refractivity contribution >= 4 is 5.95 Å². The summed E-state index contributed by atoms with van der Waals surface area (Å²) in [6, 6.07) is 0. The molecule has 0 N–H and O–H groups in total. The SMILES string of the molecule is FC(F)(F)C(F)(F)C(c1nc(N2CCOCC2)nc(C(C(F)(F)F)(C(F)(F)F)C(F)(F)F)n1)(C(F)(F)F)C(F)(F)F. The Morgan fingerprint density at radius 2 is 0.756 bits per heavy atom. The molecule has 25 heteroatoms. The highest BCUT2D eigenvalue weighted by Crippen LogP contribution is 2.64. The number of hydrogen-bond acceptors (Lipinski definition) is 5. The first-order chi connectivity index (χ1) is 17.9. The zero-order chi connectivity index (χ0) is 32.5. The summed E-state index contributed by atoms with van der Waals surface area (Å²) >= 11 is 0. The van der Waals surface area contributed by atoms with Crippen LogP contribution >= 0.6 is 0 Å². The van der Waals surface area contributed by atoms with Crippen LogP contribution < -0.4 is 4.90 Å². The summed E-state index contributed by atoms with van der Waals surface area (Å²) in [5, 5.41) is 0. The van der Waals surface area contributed by atoms with Gasteiger partial charge in [-0.2, -0.15) is 97.8 Å². The van der Waals surface area contributed by atoms with Gasteiger partial charge in [0.15, 0.2) is 11.6 Å². The van der Waals surface area contributed by atoms with Crippen LogP contribution in [-0.4, -0.2) is 84.2 Å². The molecular formula is C16H8F20N4O. The van der Waals surface area contributed by atoms with Gasteiger partial charge in [-0.05, 0) is 0 Å². The highest BCUT2D eigenvalue weighted by molar-refractivity contribution is 5.38. The summed E-state index contributed by atoms with van der Waals surface area (Å²) in [5.41, 5.74) is -15.6. The maximum absolute atomic E-state index is 14.3. The maximum atomic E-state index is 14.3. The van der Waals surface area contributed by atoms with Crippen molar-refractivity contribution in [2.24, 2.45) is 0 Å². The van der Waals surface area contributed by atoms with Gasteiger partial charge in [-0.3, -0.25) is 0 Å². The highest BCUT2D eigenvalue weighted by Gasteiger charge is 2.92. The van der Waals surface area contributed by atoms with Crippen molar-refractivity contribution in [3.63, 3.8) is 0 Å². The topological polar surface area (TPSA) is 51.1 Å². The Morgan fingerprint density at radius 3 is 1.05 bits per heavy atom. The molecule has 0 bridgehead atoms. The van der Waals surface area contributed by atoms with Crippen molar-refractivity contribution < 1.29 is 92.5 Å². The van der Waals surface area contributed by atoms with Crippen molar-refractivity contribution in [2.75, 3.05) is 31.2 Å². The molecule has 0 amide bonds. The van der Waals surface area contributed by atoms with E-state index in [1.165, 1.54) is 4.98 Å². The van der Waals surface area contributed by atoms with Crippen LogP contribution in [-0.2, 0) is 15.6 Å². The van der Waals surface area contributed by atoms with Gasteiger partial charge >= 0.3 is 48.4 Å². The molecule has 0 aliphatic carbocycles. The van der Waals surface area contributed by atoms with Gasteiger partial charge in [0.2, 0.25) is 5.95 Å². The number of hydrogen-bond donors (Lipinski definition) is 0. The number of rotatable bonds is 4. The summed E-state index contributed by atoms with van der Waals surface area (Å²) < 4.78 is 277. The minimum atomic E-state index is -8.27. The quantitative estimate of drug-likeness (QED) is 0.364. The van der Waals surface area contributed by atoms with E-state index in [1.807, 2.05) is 4.98 Å². The molecule has 0 spiro atoms. The van der Waals surface area contributed by atoms with E-state index in [1.54, 1.807) is 0 Å². The molecule has 0 radical (unpaired) electrons. The third-order valence-electron chi connectivity index (χ3n) is 5.54. The Balaban J connectivity index is 3.37. The summed E-state index contributed by atoms with van der Waals surface area (Å²) in [6.45, 7) is -3.55. The number of ether oxygens (including phenoxy) is 1. The predicted molar refractivity (Wildman–Crippen MR) is 87.5 cm³/mol. The molecule has 2 rings (SSSR count). The van der Waals surface area contributed by atoms with Crippen molar-refractivity contribution in [3.05, 3.63) is 11.6 Å². The molecule has 238 valence electrons. The lowest BCUT2D eigenvalue weighted by Crippen LogP contribution is -2.70. The smallest absolute Gasteiger partial charge is 0.378 e. The molecule has 0 atom stereocenters. The van der Waals surface area contributed by atoms with Gasteiger partial charge in [-0.15, -0.1) is 0 Å². The molecule has 0 aromatic carbocycles. The highest BCUT2D eigenvalue weighted by atomic mass is 19.4. The van der Waals surface area contributed by atoms with E-state index in [0.29, 0.717) is 0 Å². The molecule has 2 heterocycles. The average Bonchev–Trinajstić information content (AvgIpc) is 2.68. The van der Waals surface area contributed by atoms with Crippen molar-refractivity contribution in [1.29, 1.82) is 0 Å². The Hall–Kier alpha value is -2.63. The Labute approximate surface area is 211 Å². The van der Waals surface area contributed by atoms with Crippen LogP contribution in [0.25, 0.3) is 0 Å². The molecule has 1 fully saturated rings. The first-order valence-electron chi connectivity index (χ1n) is 9.80. The van der Waals surface area contributed by atoms with E-state index < -0.39 is 97.7 Å². The van der Waals surface area contributed by atoms with Crippen LogP contribution in [0.5, 0.6) is 0 Å². The molecule has 41 heavy (non-hydrogen) atoms. The molecule has 0 unspecified atom stereocenters. The molecule has 0 saturated carbocycles. The van der Waals surface area contributed by atoms with Gasteiger partial charge in [0.1, 0.15) is 0 Å². The number of aromatic nitrogens is 3. The van der Waals surface area contributed by atoms with Gasteiger partial charge in [0.25, 0.3) is 5.41 Å². The zero-order valence-corrected chi connectivity index (χ0v) is 18.6. The second kappa shape index (κ2) is 9.70. The fourth-order valence-corrected chi connectivity index (χ4v) is 3.59. The fourth-order valence-electron chi connectivity index (χ4n) is 3.59. The number of nitrogens with zero attached hydrogens (tertiary/aromatic N) is 4. The lowest BCUT2D eigenvalue weighted by molar-refractivity contribution is -0.416. The largest absolute Gasteiger partial charge is 0.455 e. The van der Waals surface area contributed by atoms with Gasteiger partial charge in [-0.1, -0.05) is 0 Å². The van der Waals surface area contributed by atoms with E-state index in [9.17, 15) is 87.8 Å². The van der Waals surface area contributed by atoms with Crippen molar-refractivity contribution in [2.45, 2.75) is 53.8 Å². The van der Waals surface area contributed by atoms with Crippen LogP contribution in [0.2, 0.25) is 0 Å². The number of morpholine rings is 1. The molecule has 1 aliphatic rings. The standard InChI is InChI=1S/C16H8F20N4O/c17-10(18,16(34,35)36)8(11(19,20)21,12(22,23)24)5-37-6(39-7(38-5)40-1-3-41-4-2-40)9(13(25,26)27,14(28,29)30)15(31,32)33/h1-4H2. The summed E-state index contributed by atoms with van der Waals surface area (Å²) in [5.74, 6) is -19.1. The minimum Gasteiger partial charge on any atom is -0.378 e. The summed E-state index contributed by atoms with van der Waals surface area (Å²) in [4.78, 5) is 5.30. The molecule has 1 aliphatic heterocycles. The third-order valence-corrected chi connectivity index (χ3v) is 5.54. The summed E-state index contributed by atoms with van der Waals surface area (Å²) in [7, 11) is 0. The molecule has 1 aromatic heterocycles. The van der Waals surface area contributed by atoms with Crippen LogP contribution in [0, 0.1) is 0 Å². The van der Waals surface area contributed by atoms with Crippen LogP contribution in [0.1, 0.15) is 11.6 Å². The van der Waals surface area contributed by atoms with E-state index in [2.05, 4.69) is 9.72 Å². The molecule has 5 nitrogen and oxygen atoms in total. The van der Waals surface area contributed by atoms with E-state index in [4.69, 9.17) is 0 Å².